The highest BCUT2D eigenvalue weighted by atomic mass is 19.4. The van der Waals surface area contributed by atoms with Crippen molar-refractivity contribution in [3.05, 3.63) is 100 Å². The second-order valence-electron chi connectivity index (χ2n) is 20.2. The van der Waals surface area contributed by atoms with Gasteiger partial charge in [-0.15, -0.1) is 0 Å². The van der Waals surface area contributed by atoms with E-state index >= 15 is 8.78 Å². The number of carbonyl (C=O) groups excluding carboxylic acids is 4. The number of ketones is 1. The molecule has 1 aliphatic rings. The van der Waals surface area contributed by atoms with E-state index in [0.717, 1.165) is 43.3 Å². The number of benzene rings is 2. The summed E-state index contributed by atoms with van der Waals surface area (Å²) in [6.45, 7) is 2.73. The summed E-state index contributed by atoms with van der Waals surface area (Å²) in [6, 6.07) is 9.20. The SMILES string of the molecule is COC(=O)C[C@H](C(=O)NCN(CCc1c(F)cc(C(C=NC(F)F)=CN)cc1F)C[C@H](O)[C@@H](CC(=O)[C@@H](NC(=O)OC)C(C)(C)C(F)(F)F)Cc1ccc(C#Cc2ccc(N3C[C@@H](C)O[C@@H](C)C3)nc2)cc1)C(C)(C)C(F)(F)F. The number of halogens is 10. The molecule has 0 radical (unpaired) electrons. The van der Waals surface area contributed by atoms with Gasteiger partial charge in [0.2, 0.25) is 5.91 Å². The molecular weight excluding hydrogens is 1060 g/mol. The van der Waals surface area contributed by atoms with E-state index in [0.29, 0.717) is 63.7 Å². The van der Waals surface area contributed by atoms with Crippen LogP contribution in [0.4, 0.5) is 54.5 Å². The van der Waals surface area contributed by atoms with Gasteiger partial charge in [0.25, 0.3) is 0 Å². The number of Topliss-reactive ketones (excluding diaryl/α,β-unsaturated/α-hetero) is 1. The summed E-state index contributed by atoms with van der Waals surface area (Å²) in [5.41, 5.74) is -0.0250. The Bertz CT molecular complexity index is 2660. The lowest BCUT2D eigenvalue weighted by Crippen LogP contribution is -2.56. The Morgan fingerprint density at radius 3 is 2.00 bits per heavy atom. The zero-order valence-electron chi connectivity index (χ0n) is 44.7. The van der Waals surface area contributed by atoms with Gasteiger partial charge in [0, 0.05) is 73.5 Å². The molecule has 79 heavy (non-hydrogen) atoms. The Labute approximate surface area is 451 Å². The molecule has 5 N–H and O–H groups in total. The van der Waals surface area contributed by atoms with E-state index in [-0.39, 0.29) is 29.8 Å². The summed E-state index contributed by atoms with van der Waals surface area (Å²) >= 11 is 0. The van der Waals surface area contributed by atoms with Crippen molar-refractivity contribution in [2.24, 2.45) is 33.4 Å². The Balaban J connectivity index is 1.74. The summed E-state index contributed by atoms with van der Waals surface area (Å²) in [6.07, 6.45) is -13.2. The van der Waals surface area contributed by atoms with Crippen LogP contribution < -0.4 is 21.3 Å². The van der Waals surface area contributed by atoms with Gasteiger partial charge in [0.05, 0.1) is 62.4 Å². The maximum atomic E-state index is 15.7. The van der Waals surface area contributed by atoms with Crippen LogP contribution in [0, 0.1) is 46.1 Å². The molecule has 0 bridgehead atoms. The van der Waals surface area contributed by atoms with Crippen LogP contribution in [0.15, 0.2) is 65.9 Å². The number of alkyl carbamates (subject to hydrolysis) is 1. The normalized spacial score (nSPS) is 17.2. The lowest BCUT2D eigenvalue weighted by Gasteiger charge is -2.37. The van der Waals surface area contributed by atoms with Gasteiger partial charge in [-0.2, -0.15) is 35.1 Å². The predicted octanol–water partition coefficient (Wildman–Crippen LogP) is 8.14. The van der Waals surface area contributed by atoms with Crippen molar-refractivity contribution in [2.45, 2.75) is 110 Å². The third-order valence-corrected chi connectivity index (χ3v) is 13.6. The fraction of sp³-hybridized carbons (Fsp3) is 0.519. The van der Waals surface area contributed by atoms with Gasteiger partial charge >= 0.3 is 31.0 Å². The van der Waals surface area contributed by atoms with E-state index in [9.17, 15) is 59.4 Å². The van der Waals surface area contributed by atoms with Gasteiger partial charge in [0.15, 0.2) is 5.78 Å². The fourth-order valence-electron chi connectivity index (χ4n) is 8.62. The molecule has 434 valence electrons. The second-order valence-corrected chi connectivity index (χ2v) is 20.2. The van der Waals surface area contributed by atoms with Crippen molar-refractivity contribution >= 4 is 41.4 Å². The summed E-state index contributed by atoms with van der Waals surface area (Å²) < 4.78 is 159. The quantitative estimate of drug-likeness (QED) is 0.0178. The number of pyridine rings is 1. The smallest absolute Gasteiger partial charge is 0.407 e. The molecular formula is C54H65F10N7O8. The number of amides is 2. The van der Waals surface area contributed by atoms with Crippen LogP contribution in [0.3, 0.4) is 0 Å². The number of hydrogen-bond donors (Lipinski definition) is 4. The third-order valence-electron chi connectivity index (χ3n) is 13.6. The minimum Gasteiger partial charge on any atom is -0.469 e. The van der Waals surface area contributed by atoms with Crippen LogP contribution in [-0.2, 0) is 41.4 Å². The maximum Gasteiger partial charge on any atom is 0.407 e. The van der Waals surface area contributed by atoms with E-state index < -0.39 is 134 Å². The summed E-state index contributed by atoms with van der Waals surface area (Å²) in [5, 5.41) is 16.3. The molecule has 4 rings (SSSR count). The van der Waals surface area contributed by atoms with Crippen molar-refractivity contribution in [1.29, 1.82) is 0 Å². The van der Waals surface area contributed by atoms with Gasteiger partial charge in [-0.25, -0.2) is 23.6 Å². The molecule has 0 saturated carbocycles. The van der Waals surface area contributed by atoms with Gasteiger partial charge in [0.1, 0.15) is 23.5 Å². The second kappa shape index (κ2) is 27.9. The van der Waals surface area contributed by atoms with E-state index in [2.05, 4.69) is 41.5 Å². The average molecular weight is 1130 g/mol. The standard InChI is InChI=1S/C54H65F10N7O8/c1-31-27-71(28-32(2)79-31)45-16-15-35(25-66-45)14-11-33-9-12-34(13-10-33)19-37(22-43(72)47(69-50(76)78-8)52(5,6)54(62,63)64)44(73)29-70(30-68-48(75)40(23-46(74)77-7)51(3,4)53(59,60)61)18-17-39-41(55)20-36(21-42(39)56)38(24-65)26-67-49(57)58/h9-10,12-13,15-16,20-21,24-26,31-32,37,40,44,47,49,73H,17-19,22-23,27-30,65H2,1-8H3,(H,68,75)(H,69,76)/t31-,32+,37-,40-,44+,47-/m1/s1. The van der Waals surface area contributed by atoms with Crippen LogP contribution in [-0.4, -0.2) is 135 Å². The van der Waals surface area contributed by atoms with Crippen LogP contribution in [0.25, 0.3) is 5.57 Å². The number of alkyl halides is 8. The predicted molar refractivity (Wildman–Crippen MR) is 272 cm³/mol. The number of aliphatic hydroxyl groups is 1. The number of nitrogens with zero attached hydrogens (tertiary/aromatic N) is 4. The number of nitrogens with two attached hydrogens (primary N) is 1. The molecule has 1 aromatic heterocycles. The molecule has 0 unspecified atom stereocenters. The number of ether oxygens (including phenoxy) is 3. The van der Waals surface area contributed by atoms with E-state index in [4.69, 9.17) is 10.5 Å². The minimum atomic E-state index is -5.09. The molecule has 1 fully saturated rings. The van der Waals surface area contributed by atoms with E-state index in [1.807, 2.05) is 25.2 Å². The number of aromatic nitrogens is 1. The zero-order chi connectivity index (χ0) is 59.2. The van der Waals surface area contributed by atoms with Crippen molar-refractivity contribution in [3.8, 4) is 11.8 Å². The monoisotopic (exact) mass is 1130 g/mol. The number of esters is 1. The first-order valence-electron chi connectivity index (χ1n) is 24.8. The maximum absolute atomic E-state index is 15.7. The number of carbonyl (C=O) groups is 4. The molecule has 2 aromatic carbocycles. The number of anilines is 1. The molecule has 0 spiro atoms. The first-order chi connectivity index (χ1) is 36.8. The van der Waals surface area contributed by atoms with Crippen molar-refractivity contribution < 1.29 is 82.4 Å². The summed E-state index contributed by atoms with van der Waals surface area (Å²) in [4.78, 5) is 63.3. The first-order valence-corrected chi connectivity index (χ1v) is 24.8. The largest absolute Gasteiger partial charge is 0.469 e. The Morgan fingerprint density at radius 1 is 0.899 bits per heavy atom. The number of morpholine rings is 1. The molecule has 2 amide bonds. The number of aliphatic hydroxyl groups excluding tert-OH is 1. The van der Waals surface area contributed by atoms with Crippen LogP contribution in [0.1, 0.15) is 82.2 Å². The summed E-state index contributed by atoms with van der Waals surface area (Å²) in [7, 11) is 1.75. The van der Waals surface area contributed by atoms with Crippen molar-refractivity contribution in [2.75, 3.05) is 52.0 Å². The van der Waals surface area contributed by atoms with Crippen LogP contribution >= 0.6 is 0 Å². The lowest BCUT2D eigenvalue weighted by molar-refractivity contribution is -0.230. The zero-order valence-corrected chi connectivity index (χ0v) is 44.7. The highest BCUT2D eigenvalue weighted by Crippen LogP contribution is 2.45. The van der Waals surface area contributed by atoms with Crippen LogP contribution in [0.5, 0.6) is 0 Å². The number of nitrogens with one attached hydrogen (secondary N) is 2. The molecule has 1 aliphatic heterocycles. The first kappa shape index (κ1) is 64.7. The van der Waals surface area contributed by atoms with Gasteiger partial charge < -0.3 is 40.6 Å². The Kier molecular flexibility index (Phi) is 22.9. The van der Waals surface area contributed by atoms with Gasteiger partial charge in [-0.1, -0.05) is 37.8 Å². The number of hydrogen-bond acceptors (Lipinski definition) is 13. The molecule has 25 heteroatoms. The summed E-state index contributed by atoms with van der Waals surface area (Å²) in [5.74, 6) is -2.90. The highest BCUT2D eigenvalue weighted by molar-refractivity contribution is 6.09. The number of rotatable bonds is 23. The van der Waals surface area contributed by atoms with E-state index in [1.165, 1.54) is 0 Å². The molecule has 3 aromatic rings. The highest BCUT2D eigenvalue weighted by Gasteiger charge is 2.56. The number of allylic oxidation sites excluding steroid dienone is 1. The third kappa shape index (κ3) is 18.1. The molecule has 2 heterocycles. The van der Waals surface area contributed by atoms with Crippen molar-refractivity contribution in [3.63, 3.8) is 0 Å². The molecule has 6 atom stereocenters. The Morgan fingerprint density at radius 2 is 1.48 bits per heavy atom. The van der Waals surface area contributed by atoms with Gasteiger partial charge in [-0.05, 0) is 94.0 Å². The number of aliphatic imine (C=N–C) groups is 1. The molecule has 1 saturated heterocycles. The Hall–Kier alpha value is -6.78. The number of methoxy groups -OCH3 is 2. The lowest BCUT2D eigenvalue weighted by atomic mass is 9.75. The minimum absolute atomic E-state index is 0.0107. The fourth-order valence-corrected chi connectivity index (χ4v) is 8.62. The van der Waals surface area contributed by atoms with E-state index in [1.54, 1.807) is 36.5 Å². The van der Waals surface area contributed by atoms with Crippen LogP contribution in [0.2, 0.25) is 0 Å². The van der Waals surface area contributed by atoms with Gasteiger partial charge in [-0.3, -0.25) is 19.3 Å². The van der Waals surface area contributed by atoms with Crippen molar-refractivity contribution in [1.82, 2.24) is 20.5 Å². The molecule has 15 nitrogen and oxygen atoms in total. The molecule has 0 aliphatic carbocycles. The topological polar surface area (TPSA) is 198 Å². The average Bonchev–Trinajstić information content (AvgIpc) is 3.39.